The first-order valence-electron chi connectivity index (χ1n) is 8.52. The summed E-state index contributed by atoms with van der Waals surface area (Å²) in [5.41, 5.74) is 2.65. The first-order valence-corrected chi connectivity index (χ1v) is 9.50. The predicted octanol–water partition coefficient (Wildman–Crippen LogP) is 4.20. The molecule has 3 rings (SSSR count). The molecule has 0 aliphatic heterocycles. The monoisotopic (exact) mass is 367 g/mol. The fraction of sp³-hybridized carbons (Fsp3) is 0.250. The minimum atomic E-state index is -0.159. The summed E-state index contributed by atoms with van der Waals surface area (Å²) in [6.45, 7) is 4.03. The Morgan fingerprint density at radius 1 is 1.15 bits per heavy atom. The topological polar surface area (TPSA) is 74.8 Å². The SMILES string of the molecule is CC(C)CC(=O)Nc1ccc(SCc2nc3ccccc3[nH]c2=O)cc1. The van der Waals surface area contributed by atoms with Crippen LogP contribution in [0.1, 0.15) is 26.0 Å². The number of H-pyrrole nitrogens is 1. The number of nitrogens with one attached hydrogen (secondary N) is 2. The summed E-state index contributed by atoms with van der Waals surface area (Å²) >= 11 is 1.54. The number of aromatic amines is 1. The zero-order valence-electron chi connectivity index (χ0n) is 14.8. The van der Waals surface area contributed by atoms with Crippen molar-refractivity contribution in [1.82, 2.24) is 9.97 Å². The molecule has 6 heteroatoms. The second-order valence-corrected chi connectivity index (χ2v) is 7.54. The van der Waals surface area contributed by atoms with Gasteiger partial charge in [0.05, 0.1) is 11.0 Å². The summed E-state index contributed by atoms with van der Waals surface area (Å²) in [6, 6.07) is 15.1. The maximum Gasteiger partial charge on any atom is 0.271 e. The Labute approximate surface area is 156 Å². The van der Waals surface area contributed by atoms with Crippen molar-refractivity contribution < 1.29 is 4.79 Å². The molecule has 0 aliphatic rings. The zero-order chi connectivity index (χ0) is 18.5. The number of rotatable bonds is 6. The van der Waals surface area contributed by atoms with Crippen LogP contribution in [0.4, 0.5) is 5.69 Å². The average molecular weight is 367 g/mol. The van der Waals surface area contributed by atoms with Gasteiger partial charge in [0, 0.05) is 22.8 Å². The van der Waals surface area contributed by atoms with Crippen molar-refractivity contribution >= 4 is 34.4 Å². The lowest BCUT2D eigenvalue weighted by Gasteiger charge is -2.08. The number of benzene rings is 2. The van der Waals surface area contributed by atoms with Crippen LogP contribution in [0.2, 0.25) is 0 Å². The third-order valence-electron chi connectivity index (χ3n) is 3.78. The first-order chi connectivity index (χ1) is 12.5. The van der Waals surface area contributed by atoms with Crippen LogP contribution in [-0.4, -0.2) is 15.9 Å². The highest BCUT2D eigenvalue weighted by atomic mass is 32.2. The molecule has 1 heterocycles. The lowest BCUT2D eigenvalue weighted by molar-refractivity contribution is -0.116. The number of anilines is 1. The molecule has 0 saturated carbocycles. The molecule has 0 fully saturated rings. The fourth-order valence-corrected chi connectivity index (χ4v) is 3.36. The van der Waals surface area contributed by atoms with Crippen molar-refractivity contribution in [2.24, 2.45) is 5.92 Å². The second kappa shape index (κ2) is 8.19. The fourth-order valence-electron chi connectivity index (χ4n) is 2.53. The van der Waals surface area contributed by atoms with Gasteiger partial charge in [0.25, 0.3) is 5.56 Å². The van der Waals surface area contributed by atoms with E-state index in [0.717, 1.165) is 21.6 Å². The van der Waals surface area contributed by atoms with Crippen molar-refractivity contribution in [3.05, 3.63) is 64.6 Å². The van der Waals surface area contributed by atoms with E-state index < -0.39 is 0 Å². The van der Waals surface area contributed by atoms with Gasteiger partial charge >= 0.3 is 0 Å². The quantitative estimate of drug-likeness (QED) is 0.640. The van der Waals surface area contributed by atoms with E-state index in [1.54, 1.807) is 0 Å². The molecule has 0 unspecified atom stereocenters. The highest BCUT2D eigenvalue weighted by molar-refractivity contribution is 7.98. The third-order valence-corrected chi connectivity index (χ3v) is 4.80. The summed E-state index contributed by atoms with van der Waals surface area (Å²) in [4.78, 5) is 32.3. The third kappa shape index (κ3) is 4.73. The van der Waals surface area contributed by atoms with Crippen molar-refractivity contribution in [3.8, 4) is 0 Å². The van der Waals surface area contributed by atoms with E-state index in [0.29, 0.717) is 23.8 Å². The number of thioether (sulfide) groups is 1. The Kier molecular flexibility index (Phi) is 5.73. The van der Waals surface area contributed by atoms with Crippen molar-refractivity contribution in [3.63, 3.8) is 0 Å². The lowest BCUT2D eigenvalue weighted by Crippen LogP contribution is -2.14. The molecule has 134 valence electrons. The molecule has 5 nitrogen and oxygen atoms in total. The minimum Gasteiger partial charge on any atom is -0.326 e. The minimum absolute atomic E-state index is 0.0206. The number of amides is 1. The molecule has 0 spiro atoms. The molecule has 0 aliphatic carbocycles. The number of fused-ring (bicyclic) bond motifs is 1. The van der Waals surface area contributed by atoms with Crippen LogP contribution < -0.4 is 10.9 Å². The number of nitrogens with zero attached hydrogens (tertiary/aromatic N) is 1. The molecule has 0 bridgehead atoms. The Balaban J connectivity index is 1.64. The summed E-state index contributed by atoms with van der Waals surface area (Å²) in [5.74, 6) is 0.837. The molecular formula is C20H21N3O2S. The smallest absolute Gasteiger partial charge is 0.271 e. The van der Waals surface area contributed by atoms with Gasteiger partial charge in [0.15, 0.2) is 0 Å². The molecule has 2 aromatic carbocycles. The number of hydrogen-bond acceptors (Lipinski definition) is 4. The van der Waals surface area contributed by atoms with E-state index in [4.69, 9.17) is 0 Å². The number of carbonyl (C=O) groups excluding carboxylic acids is 1. The van der Waals surface area contributed by atoms with Crippen LogP contribution in [0, 0.1) is 5.92 Å². The van der Waals surface area contributed by atoms with Gasteiger partial charge in [-0.25, -0.2) is 4.98 Å². The normalized spacial score (nSPS) is 11.0. The second-order valence-electron chi connectivity index (χ2n) is 6.49. The Bertz CT molecular complexity index is 965. The molecule has 0 saturated heterocycles. The summed E-state index contributed by atoms with van der Waals surface area (Å²) in [5, 5.41) is 2.89. The van der Waals surface area contributed by atoms with Crippen LogP contribution >= 0.6 is 11.8 Å². The molecule has 0 radical (unpaired) electrons. The molecule has 1 amide bonds. The number of carbonyl (C=O) groups is 1. The maximum atomic E-state index is 12.1. The van der Waals surface area contributed by atoms with Crippen molar-refractivity contribution in [2.75, 3.05) is 5.32 Å². The van der Waals surface area contributed by atoms with E-state index in [1.807, 2.05) is 62.4 Å². The number of para-hydroxylation sites is 2. The Morgan fingerprint density at radius 2 is 1.88 bits per heavy atom. The highest BCUT2D eigenvalue weighted by Gasteiger charge is 2.07. The van der Waals surface area contributed by atoms with E-state index in [1.165, 1.54) is 11.8 Å². The maximum absolute atomic E-state index is 12.1. The summed E-state index contributed by atoms with van der Waals surface area (Å²) in [6.07, 6.45) is 0.507. The van der Waals surface area contributed by atoms with Gasteiger partial charge in [-0.3, -0.25) is 9.59 Å². The molecule has 0 atom stereocenters. The highest BCUT2D eigenvalue weighted by Crippen LogP contribution is 2.23. The van der Waals surface area contributed by atoms with Gasteiger partial charge in [-0.15, -0.1) is 11.8 Å². The predicted molar refractivity (Wildman–Crippen MR) is 106 cm³/mol. The lowest BCUT2D eigenvalue weighted by atomic mass is 10.1. The van der Waals surface area contributed by atoms with E-state index in [9.17, 15) is 9.59 Å². The van der Waals surface area contributed by atoms with Crippen LogP contribution in [0.5, 0.6) is 0 Å². The molecule has 26 heavy (non-hydrogen) atoms. The van der Waals surface area contributed by atoms with E-state index in [-0.39, 0.29) is 11.5 Å². The van der Waals surface area contributed by atoms with Crippen LogP contribution in [0.3, 0.4) is 0 Å². The van der Waals surface area contributed by atoms with E-state index in [2.05, 4.69) is 15.3 Å². The van der Waals surface area contributed by atoms with E-state index >= 15 is 0 Å². The average Bonchev–Trinajstić information content (AvgIpc) is 2.60. The number of hydrogen-bond donors (Lipinski definition) is 2. The Hall–Kier alpha value is -2.60. The molecule has 1 aromatic heterocycles. The molecular weight excluding hydrogens is 346 g/mol. The van der Waals surface area contributed by atoms with Crippen molar-refractivity contribution in [2.45, 2.75) is 30.9 Å². The molecule has 3 aromatic rings. The summed E-state index contributed by atoms with van der Waals surface area (Å²) in [7, 11) is 0. The van der Waals surface area contributed by atoms with Gasteiger partial charge in [0.1, 0.15) is 5.69 Å². The summed E-state index contributed by atoms with van der Waals surface area (Å²) < 4.78 is 0. The largest absolute Gasteiger partial charge is 0.326 e. The van der Waals surface area contributed by atoms with Gasteiger partial charge in [-0.2, -0.15) is 0 Å². The van der Waals surface area contributed by atoms with Gasteiger partial charge in [-0.1, -0.05) is 26.0 Å². The van der Waals surface area contributed by atoms with Crippen LogP contribution in [0.25, 0.3) is 11.0 Å². The molecule has 2 N–H and O–H groups in total. The standard InChI is InChI=1S/C20H21N3O2S/c1-13(2)11-19(24)21-14-7-9-15(10-8-14)26-12-18-20(25)23-17-6-4-3-5-16(17)22-18/h3-10,13H,11-12H2,1-2H3,(H,21,24)(H,23,25). The van der Waals surface area contributed by atoms with Gasteiger partial charge in [0.2, 0.25) is 5.91 Å². The zero-order valence-corrected chi connectivity index (χ0v) is 15.6. The van der Waals surface area contributed by atoms with Crippen LogP contribution in [0.15, 0.2) is 58.2 Å². The first kappa shape index (κ1) is 18.2. The van der Waals surface area contributed by atoms with Gasteiger partial charge < -0.3 is 10.3 Å². The van der Waals surface area contributed by atoms with Gasteiger partial charge in [-0.05, 0) is 42.3 Å². The number of aromatic nitrogens is 2. The van der Waals surface area contributed by atoms with Crippen molar-refractivity contribution in [1.29, 1.82) is 0 Å². The Morgan fingerprint density at radius 3 is 2.62 bits per heavy atom. The van der Waals surface area contributed by atoms with Crippen LogP contribution in [-0.2, 0) is 10.5 Å².